The average molecular weight is 418 g/mol. The van der Waals surface area contributed by atoms with Crippen LogP contribution in [0.4, 0.5) is 19.0 Å². The summed E-state index contributed by atoms with van der Waals surface area (Å²) in [5.74, 6) is 3.44. The second kappa shape index (κ2) is 9.73. The summed E-state index contributed by atoms with van der Waals surface area (Å²) in [7, 11) is 0. The van der Waals surface area contributed by atoms with E-state index in [-0.39, 0.29) is 24.3 Å². The highest BCUT2D eigenvalue weighted by Gasteiger charge is 2.38. The van der Waals surface area contributed by atoms with Crippen LogP contribution in [0.2, 0.25) is 0 Å². The van der Waals surface area contributed by atoms with Crippen molar-refractivity contribution in [2.75, 3.05) is 18.9 Å². The molecule has 1 aliphatic heterocycles. The molecule has 0 spiro atoms. The third kappa shape index (κ3) is 6.18. The minimum atomic E-state index is -4.90. The molecule has 0 aliphatic carbocycles. The molecule has 1 aromatic heterocycles. The number of aliphatic hydroxyl groups excluding tert-OH is 2. The van der Waals surface area contributed by atoms with Crippen LogP contribution in [-0.2, 0) is 9.53 Å². The van der Waals surface area contributed by atoms with Crippen molar-refractivity contribution in [3.05, 3.63) is 22.2 Å². The Labute approximate surface area is 163 Å². The van der Waals surface area contributed by atoms with Crippen molar-refractivity contribution >= 4 is 11.7 Å². The summed E-state index contributed by atoms with van der Waals surface area (Å²) in [5.41, 5.74) is 5.25. The van der Waals surface area contributed by atoms with Crippen LogP contribution in [0.3, 0.4) is 0 Å². The molecule has 0 unspecified atom stereocenters. The molecule has 9 nitrogen and oxygen atoms in total. The highest BCUT2D eigenvalue weighted by Crippen LogP contribution is 2.27. The lowest BCUT2D eigenvalue weighted by molar-refractivity contribution is -0.173. The fourth-order valence-electron chi connectivity index (χ4n) is 2.63. The highest BCUT2D eigenvalue weighted by molar-refractivity contribution is 5.81. The van der Waals surface area contributed by atoms with Crippen molar-refractivity contribution in [3.8, 4) is 11.8 Å². The van der Waals surface area contributed by atoms with Crippen LogP contribution in [0.1, 0.15) is 37.5 Å². The molecule has 3 atom stereocenters. The van der Waals surface area contributed by atoms with Gasteiger partial charge >= 0.3 is 17.8 Å². The fourth-order valence-corrected chi connectivity index (χ4v) is 2.63. The Morgan fingerprint density at radius 1 is 1.45 bits per heavy atom. The van der Waals surface area contributed by atoms with Gasteiger partial charge in [-0.3, -0.25) is 9.36 Å². The van der Waals surface area contributed by atoms with Crippen LogP contribution in [0, 0.1) is 11.8 Å². The predicted molar refractivity (Wildman–Crippen MR) is 94.3 cm³/mol. The maximum atomic E-state index is 12.0. The van der Waals surface area contributed by atoms with Gasteiger partial charge in [0, 0.05) is 25.6 Å². The van der Waals surface area contributed by atoms with E-state index in [1.54, 1.807) is 5.32 Å². The van der Waals surface area contributed by atoms with Crippen molar-refractivity contribution in [1.82, 2.24) is 14.9 Å². The first-order chi connectivity index (χ1) is 13.6. The topological polar surface area (TPSA) is 140 Å². The number of halogens is 3. The highest BCUT2D eigenvalue weighted by atomic mass is 19.4. The molecule has 0 aromatic carbocycles. The van der Waals surface area contributed by atoms with Gasteiger partial charge in [0.1, 0.15) is 18.1 Å². The number of anilines is 1. The van der Waals surface area contributed by atoms with Gasteiger partial charge in [-0.25, -0.2) is 4.79 Å². The zero-order valence-corrected chi connectivity index (χ0v) is 15.3. The van der Waals surface area contributed by atoms with Crippen LogP contribution >= 0.6 is 0 Å². The molecule has 0 radical (unpaired) electrons. The average Bonchev–Trinajstić information content (AvgIpc) is 3.01. The van der Waals surface area contributed by atoms with Crippen LogP contribution in [0.15, 0.2) is 11.0 Å². The van der Waals surface area contributed by atoms with Gasteiger partial charge in [0.25, 0.3) is 0 Å². The van der Waals surface area contributed by atoms with Crippen LogP contribution < -0.4 is 16.7 Å². The second-order valence-corrected chi connectivity index (χ2v) is 6.36. The van der Waals surface area contributed by atoms with Gasteiger partial charge in [0.2, 0.25) is 0 Å². The van der Waals surface area contributed by atoms with E-state index in [2.05, 4.69) is 16.8 Å². The Kier molecular flexibility index (Phi) is 7.60. The number of nitrogens with one attached hydrogen (secondary N) is 1. The molecule has 2 rings (SSSR count). The first-order valence-corrected chi connectivity index (χ1v) is 8.80. The van der Waals surface area contributed by atoms with Gasteiger partial charge in [-0.15, -0.1) is 0 Å². The van der Waals surface area contributed by atoms with Crippen molar-refractivity contribution in [2.45, 2.75) is 50.3 Å². The Balaban J connectivity index is 1.92. The number of carbonyl (C=O) groups excluding carboxylic acids is 1. The second-order valence-electron chi connectivity index (χ2n) is 6.36. The summed E-state index contributed by atoms with van der Waals surface area (Å²) in [6.07, 6.45) is -4.95. The van der Waals surface area contributed by atoms with Crippen molar-refractivity contribution < 1.29 is 32.9 Å². The molecule has 0 saturated carbocycles. The van der Waals surface area contributed by atoms with E-state index in [0.717, 1.165) is 4.57 Å². The van der Waals surface area contributed by atoms with E-state index in [0.29, 0.717) is 19.3 Å². The number of carbonyl (C=O) groups is 1. The molecule has 1 fully saturated rings. The number of hydrogen-bond acceptors (Lipinski definition) is 7. The summed E-state index contributed by atoms with van der Waals surface area (Å²) in [6, 6.07) is 0. The van der Waals surface area contributed by atoms with E-state index in [1.807, 2.05) is 0 Å². The van der Waals surface area contributed by atoms with Crippen molar-refractivity contribution in [1.29, 1.82) is 0 Å². The predicted octanol–water partition coefficient (Wildman–Crippen LogP) is -0.334. The Hall–Kier alpha value is -2.62. The first kappa shape index (κ1) is 22.7. The summed E-state index contributed by atoms with van der Waals surface area (Å²) >= 11 is 0. The van der Waals surface area contributed by atoms with E-state index in [4.69, 9.17) is 15.6 Å². The summed E-state index contributed by atoms with van der Waals surface area (Å²) in [6.45, 7) is -0.521. The molecule has 5 N–H and O–H groups in total. The fraction of sp³-hybridized carbons (Fsp3) is 0.588. The van der Waals surface area contributed by atoms with Gasteiger partial charge in [0.15, 0.2) is 0 Å². The lowest BCUT2D eigenvalue weighted by Gasteiger charge is -2.15. The summed E-state index contributed by atoms with van der Waals surface area (Å²) in [5, 5.41) is 20.7. The molecule has 1 aromatic rings. The SMILES string of the molecule is Nc1nc(=O)n([C@H]2C[C@H](O)[C@@H](CO)O2)cc1C#CCCCCNC(=O)C(F)(F)F. The molecule has 29 heavy (non-hydrogen) atoms. The van der Waals surface area contributed by atoms with Crippen molar-refractivity contribution in [2.24, 2.45) is 0 Å². The van der Waals surface area contributed by atoms with Gasteiger partial charge in [-0.2, -0.15) is 18.2 Å². The largest absolute Gasteiger partial charge is 0.471 e. The van der Waals surface area contributed by atoms with Gasteiger partial charge in [-0.05, 0) is 12.8 Å². The number of nitrogens with two attached hydrogens (primary N) is 1. The molecule has 1 amide bonds. The number of ether oxygens (including phenoxy) is 1. The standard InChI is InChI=1S/C17H21F3N4O5/c18-17(19,20)15(27)22-6-4-2-1-3-5-10-8-24(16(28)23-14(10)21)13-7-11(26)12(9-25)29-13/h8,11-13,25-26H,1-2,4,6-7,9H2,(H,22,27)(H2,21,23,28)/t11-,12+,13+/m0/s1. The van der Waals surface area contributed by atoms with E-state index >= 15 is 0 Å². The summed E-state index contributed by atoms with van der Waals surface area (Å²) in [4.78, 5) is 26.4. The normalized spacial score (nSPS) is 21.5. The minimum Gasteiger partial charge on any atom is -0.394 e. The third-order valence-corrected chi connectivity index (χ3v) is 4.17. The smallest absolute Gasteiger partial charge is 0.394 e. The van der Waals surface area contributed by atoms with Gasteiger partial charge in [-0.1, -0.05) is 11.8 Å². The number of nitrogen functional groups attached to an aromatic ring is 1. The van der Waals surface area contributed by atoms with Gasteiger partial charge < -0.3 is 26.0 Å². The maximum absolute atomic E-state index is 12.0. The molecular formula is C17H21F3N4O5. The van der Waals surface area contributed by atoms with E-state index in [9.17, 15) is 27.9 Å². The number of rotatable bonds is 6. The number of amides is 1. The molecular weight excluding hydrogens is 397 g/mol. The van der Waals surface area contributed by atoms with Crippen LogP contribution in [0.5, 0.6) is 0 Å². The third-order valence-electron chi connectivity index (χ3n) is 4.17. The lowest BCUT2D eigenvalue weighted by Crippen LogP contribution is -2.37. The number of nitrogens with zero attached hydrogens (tertiary/aromatic N) is 2. The lowest BCUT2D eigenvalue weighted by atomic mass is 10.2. The molecule has 0 bridgehead atoms. The maximum Gasteiger partial charge on any atom is 0.471 e. The molecule has 1 saturated heterocycles. The number of unbranched alkanes of at least 4 members (excludes halogenated alkanes) is 2. The quantitative estimate of drug-likeness (QED) is 0.366. The molecule has 12 heteroatoms. The number of alkyl halides is 3. The van der Waals surface area contributed by atoms with Gasteiger partial charge in [0.05, 0.1) is 18.3 Å². The number of aromatic nitrogens is 2. The zero-order chi connectivity index (χ0) is 21.6. The number of hydrogen-bond donors (Lipinski definition) is 4. The minimum absolute atomic E-state index is 0.0894. The van der Waals surface area contributed by atoms with Crippen LogP contribution in [-0.4, -0.2) is 57.2 Å². The zero-order valence-electron chi connectivity index (χ0n) is 15.3. The van der Waals surface area contributed by atoms with Crippen molar-refractivity contribution in [3.63, 3.8) is 0 Å². The molecule has 2 heterocycles. The number of aliphatic hydroxyl groups is 2. The van der Waals surface area contributed by atoms with Crippen LogP contribution in [0.25, 0.3) is 0 Å². The molecule has 160 valence electrons. The Morgan fingerprint density at radius 3 is 2.79 bits per heavy atom. The molecule has 1 aliphatic rings. The monoisotopic (exact) mass is 418 g/mol. The summed E-state index contributed by atoms with van der Waals surface area (Å²) < 4.78 is 42.6. The Bertz CT molecular complexity index is 846. The van der Waals surface area contributed by atoms with E-state index in [1.165, 1.54) is 6.20 Å². The first-order valence-electron chi connectivity index (χ1n) is 8.80. The van der Waals surface area contributed by atoms with E-state index < -0.39 is 42.8 Å². The Morgan fingerprint density at radius 2 is 2.17 bits per heavy atom.